The fourth-order valence-electron chi connectivity index (χ4n) is 2.16. The Labute approximate surface area is 101 Å². The van der Waals surface area contributed by atoms with Crippen molar-refractivity contribution < 1.29 is 5.11 Å². The number of nitrogens with zero attached hydrogens (tertiary/aromatic N) is 2. The van der Waals surface area contributed by atoms with Gasteiger partial charge in [0.05, 0.1) is 11.0 Å². The molecule has 0 radical (unpaired) electrons. The van der Waals surface area contributed by atoms with Crippen LogP contribution in [0.1, 0.15) is 23.9 Å². The van der Waals surface area contributed by atoms with Crippen LogP contribution in [0.4, 0.5) is 0 Å². The van der Waals surface area contributed by atoms with E-state index in [-0.39, 0.29) is 12.6 Å². The molecule has 17 heavy (non-hydrogen) atoms. The molecule has 4 nitrogen and oxygen atoms in total. The number of imidazole rings is 1. The van der Waals surface area contributed by atoms with Crippen LogP contribution in [0.15, 0.2) is 18.2 Å². The van der Waals surface area contributed by atoms with Crippen molar-refractivity contribution in [2.45, 2.75) is 19.4 Å². The molecule has 0 saturated heterocycles. The summed E-state index contributed by atoms with van der Waals surface area (Å²) in [7, 11) is 3.93. The van der Waals surface area contributed by atoms with Crippen molar-refractivity contribution in [2.75, 3.05) is 13.7 Å². The zero-order valence-corrected chi connectivity index (χ0v) is 10.6. The average molecular weight is 233 g/mol. The van der Waals surface area contributed by atoms with Crippen LogP contribution in [0.5, 0.6) is 0 Å². The average Bonchev–Trinajstić information content (AvgIpc) is 2.61. The number of aliphatic hydroxyl groups is 1. The molecule has 1 atom stereocenters. The fourth-order valence-corrected chi connectivity index (χ4v) is 2.16. The molecule has 0 bridgehead atoms. The number of fused-ring (bicyclic) bond motifs is 1. The van der Waals surface area contributed by atoms with Crippen LogP contribution in [0.25, 0.3) is 11.0 Å². The molecular weight excluding hydrogens is 214 g/mol. The van der Waals surface area contributed by atoms with E-state index in [9.17, 15) is 0 Å². The van der Waals surface area contributed by atoms with Gasteiger partial charge < -0.3 is 15.0 Å². The molecule has 1 unspecified atom stereocenters. The van der Waals surface area contributed by atoms with Gasteiger partial charge in [-0.3, -0.25) is 0 Å². The van der Waals surface area contributed by atoms with Gasteiger partial charge in [-0.05, 0) is 38.1 Å². The highest BCUT2D eigenvalue weighted by Gasteiger charge is 2.11. The Bertz CT molecular complexity index is 519. The Kier molecular flexibility index (Phi) is 3.45. The highest BCUT2D eigenvalue weighted by atomic mass is 16.3. The summed E-state index contributed by atoms with van der Waals surface area (Å²) in [4.78, 5) is 4.52. The van der Waals surface area contributed by atoms with E-state index in [1.54, 1.807) is 0 Å². The lowest BCUT2D eigenvalue weighted by atomic mass is 10.0. The van der Waals surface area contributed by atoms with E-state index in [0.29, 0.717) is 6.42 Å². The summed E-state index contributed by atoms with van der Waals surface area (Å²) in [6, 6.07) is 6.47. The first-order valence-corrected chi connectivity index (χ1v) is 5.88. The number of hydrogen-bond acceptors (Lipinski definition) is 3. The van der Waals surface area contributed by atoms with Crippen molar-refractivity contribution in [1.82, 2.24) is 14.9 Å². The lowest BCUT2D eigenvalue weighted by Crippen LogP contribution is -2.17. The molecule has 0 aliphatic carbocycles. The highest BCUT2D eigenvalue weighted by molar-refractivity contribution is 5.76. The molecule has 1 aromatic heterocycles. The number of hydrogen-bond donors (Lipinski definition) is 2. The summed E-state index contributed by atoms with van der Waals surface area (Å²) in [6.07, 6.45) is 0.716. The zero-order valence-electron chi connectivity index (χ0n) is 10.6. The molecule has 4 heteroatoms. The van der Waals surface area contributed by atoms with Crippen LogP contribution >= 0.6 is 0 Å². The fraction of sp³-hybridized carbons (Fsp3) is 0.462. The first-order chi connectivity index (χ1) is 8.17. The smallest absolute Gasteiger partial charge is 0.106 e. The van der Waals surface area contributed by atoms with Crippen LogP contribution in [-0.4, -0.2) is 28.3 Å². The van der Waals surface area contributed by atoms with Gasteiger partial charge in [0.2, 0.25) is 0 Å². The van der Waals surface area contributed by atoms with Crippen LogP contribution in [-0.2, 0) is 7.05 Å². The minimum absolute atomic E-state index is 0.185. The molecule has 1 aromatic carbocycles. The summed E-state index contributed by atoms with van der Waals surface area (Å²) in [5.41, 5.74) is 3.33. The first kappa shape index (κ1) is 12.1. The summed E-state index contributed by atoms with van der Waals surface area (Å²) in [5, 5.41) is 12.2. The van der Waals surface area contributed by atoms with Gasteiger partial charge >= 0.3 is 0 Å². The third-order valence-corrected chi connectivity index (χ3v) is 3.30. The Morgan fingerprint density at radius 3 is 2.88 bits per heavy atom. The quantitative estimate of drug-likeness (QED) is 0.842. The largest absolute Gasteiger partial charge is 0.396 e. The van der Waals surface area contributed by atoms with Gasteiger partial charge in [-0.15, -0.1) is 0 Å². The number of benzene rings is 1. The van der Waals surface area contributed by atoms with Gasteiger partial charge in [0.15, 0.2) is 0 Å². The molecule has 2 aromatic rings. The van der Waals surface area contributed by atoms with Crippen molar-refractivity contribution in [3.63, 3.8) is 0 Å². The standard InChI is InChI=1S/C13H19N3O/c1-9-15-12-8-10(11(14-2)6-7-17)4-5-13(12)16(9)3/h4-5,8,11,14,17H,6-7H2,1-3H3. The normalized spacial score (nSPS) is 13.2. The molecule has 0 aliphatic heterocycles. The highest BCUT2D eigenvalue weighted by Crippen LogP contribution is 2.22. The second-order valence-corrected chi connectivity index (χ2v) is 4.32. The maximum Gasteiger partial charge on any atom is 0.106 e. The summed E-state index contributed by atoms with van der Waals surface area (Å²) < 4.78 is 2.08. The lowest BCUT2D eigenvalue weighted by Gasteiger charge is -2.15. The lowest BCUT2D eigenvalue weighted by molar-refractivity contribution is 0.269. The molecule has 2 N–H and O–H groups in total. The van der Waals surface area contributed by atoms with E-state index in [0.717, 1.165) is 16.9 Å². The summed E-state index contributed by atoms with van der Waals surface area (Å²) >= 11 is 0. The van der Waals surface area contributed by atoms with E-state index in [4.69, 9.17) is 5.11 Å². The SMILES string of the molecule is CNC(CCO)c1ccc2c(c1)nc(C)n2C. The van der Waals surface area contributed by atoms with Gasteiger partial charge in [-0.2, -0.15) is 0 Å². The van der Waals surface area contributed by atoms with E-state index in [2.05, 4.69) is 33.1 Å². The van der Waals surface area contributed by atoms with E-state index in [1.807, 2.05) is 21.0 Å². The number of aryl methyl sites for hydroxylation is 2. The molecule has 92 valence electrons. The molecule has 1 heterocycles. The Balaban J connectivity index is 2.43. The van der Waals surface area contributed by atoms with Crippen molar-refractivity contribution in [2.24, 2.45) is 7.05 Å². The topological polar surface area (TPSA) is 50.1 Å². The Morgan fingerprint density at radius 1 is 1.47 bits per heavy atom. The molecular formula is C13H19N3O. The maximum atomic E-state index is 9.03. The first-order valence-electron chi connectivity index (χ1n) is 5.88. The van der Waals surface area contributed by atoms with E-state index in [1.165, 1.54) is 5.56 Å². The third kappa shape index (κ3) is 2.18. The minimum atomic E-state index is 0.185. The van der Waals surface area contributed by atoms with Crippen molar-refractivity contribution in [1.29, 1.82) is 0 Å². The monoisotopic (exact) mass is 233 g/mol. The number of aliphatic hydroxyl groups excluding tert-OH is 1. The van der Waals surface area contributed by atoms with Crippen LogP contribution in [0, 0.1) is 6.92 Å². The minimum Gasteiger partial charge on any atom is -0.396 e. The van der Waals surface area contributed by atoms with Gasteiger partial charge in [0.1, 0.15) is 5.82 Å². The molecule has 0 amide bonds. The predicted octanol–water partition coefficient (Wildman–Crippen LogP) is 1.52. The zero-order chi connectivity index (χ0) is 12.4. The second-order valence-electron chi connectivity index (χ2n) is 4.32. The number of nitrogens with one attached hydrogen (secondary N) is 1. The van der Waals surface area contributed by atoms with Crippen molar-refractivity contribution in [3.05, 3.63) is 29.6 Å². The molecule has 0 spiro atoms. The molecule has 0 fully saturated rings. The number of rotatable bonds is 4. The van der Waals surface area contributed by atoms with Crippen LogP contribution in [0.2, 0.25) is 0 Å². The Morgan fingerprint density at radius 2 is 2.24 bits per heavy atom. The van der Waals surface area contributed by atoms with Crippen LogP contribution in [0.3, 0.4) is 0 Å². The maximum absolute atomic E-state index is 9.03. The van der Waals surface area contributed by atoms with Crippen LogP contribution < -0.4 is 5.32 Å². The third-order valence-electron chi connectivity index (χ3n) is 3.30. The summed E-state index contributed by atoms with van der Waals surface area (Å²) in [6.45, 7) is 2.19. The second kappa shape index (κ2) is 4.85. The van der Waals surface area contributed by atoms with Crippen molar-refractivity contribution >= 4 is 11.0 Å². The number of aromatic nitrogens is 2. The summed E-state index contributed by atoms with van der Waals surface area (Å²) in [5.74, 6) is 1.01. The molecule has 2 rings (SSSR count). The predicted molar refractivity (Wildman–Crippen MR) is 69.0 cm³/mol. The molecule has 0 aliphatic rings. The van der Waals surface area contributed by atoms with Gasteiger partial charge in [0, 0.05) is 19.7 Å². The van der Waals surface area contributed by atoms with Gasteiger partial charge in [0.25, 0.3) is 0 Å². The molecule has 0 saturated carbocycles. The Hall–Kier alpha value is -1.39. The van der Waals surface area contributed by atoms with Gasteiger partial charge in [-0.25, -0.2) is 4.98 Å². The van der Waals surface area contributed by atoms with Crippen molar-refractivity contribution in [3.8, 4) is 0 Å². The van der Waals surface area contributed by atoms with Gasteiger partial charge in [-0.1, -0.05) is 6.07 Å². The van der Waals surface area contributed by atoms with E-state index < -0.39 is 0 Å². The van der Waals surface area contributed by atoms with E-state index >= 15 is 0 Å².